The van der Waals surface area contributed by atoms with Crippen LogP contribution in [0.4, 0.5) is 0 Å². The number of carbonyl (C=O) groups excluding carboxylic acids is 1. The van der Waals surface area contributed by atoms with Crippen LogP contribution in [0.5, 0.6) is 0 Å². The number of hydrogen-bond acceptors (Lipinski definition) is 3. The van der Waals surface area contributed by atoms with Crippen molar-refractivity contribution in [3.8, 4) is 0 Å². The van der Waals surface area contributed by atoms with E-state index < -0.39 is 5.97 Å². The maximum absolute atomic E-state index is 12.4. The first kappa shape index (κ1) is 21.0. The maximum Gasteiger partial charge on any atom is 0.344 e. The van der Waals surface area contributed by atoms with E-state index in [1.54, 1.807) is 17.1 Å². The molecular weight excluding hydrogens is 469 g/mol. The van der Waals surface area contributed by atoms with Crippen LogP contribution in [0.25, 0.3) is 0 Å². The second kappa shape index (κ2) is 9.42. The monoisotopic (exact) mass is 485 g/mol. The van der Waals surface area contributed by atoms with Gasteiger partial charge in [0.25, 0.3) is 0 Å². The summed E-state index contributed by atoms with van der Waals surface area (Å²) in [5, 5.41) is 4.09. The van der Waals surface area contributed by atoms with Crippen LogP contribution < -0.4 is 5.32 Å². The highest BCUT2D eigenvalue weighted by Crippen LogP contribution is 2.36. The summed E-state index contributed by atoms with van der Waals surface area (Å²) < 4.78 is 5.63. The van der Waals surface area contributed by atoms with Gasteiger partial charge in [0.1, 0.15) is 5.76 Å². The molecule has 0 saturated heterocycles. The van der Waals surface area contributed by atoms with E-state index in [1.165, 1.54) is 12.5 Å². The Bertz CT molecular complexity index is 587. The highest BCUT2D eigenvalue weighted by Gasteiger charge is 2.37. The van der Waals surface area contributed by atoms with Crippen LogP contribution in [0.1, 0.15) is 42.5 Å². The molecule has 7 heteroatoms. The van der Waals surface area contributed by atoms with Crippen molar-refractivity contribution in [3.63, 3.8) is 0 Å². The second-order valence-corrected chi connectivity index (χ2v) is 6.68. The molecule has 0 unspecified atom stereocenters. The molecule has 0 spiro atoms. The van der Waals surface area contributed by atoms with E-state index in [-0.39, 0.29) is 27.5 Å². The van der Waals surface area contributed by atoms with Gasteiger partial charge in [0.2, 0.25) is 0 Å². The highest BCUT2D eigenvalue weighted by atomic mass is 79.9. The van der Waals surface area contributed by atoms with E-state index in [9.17, 15) is 4.79 Å². The predicted molar refractivity (Wildman–Crippen MR) is 104 cm³/mol. The lowest BCUT2D eigenvalue weighted by Crippen LogP contribution is -2.47. The molecule has 1 aromatic carbocycles. The Morgan fingerprint density at radius 3 is 2.48 bits per heavy atom. The summed E-state index contributed by atoms with van der Waals surface area (Å²) >= 11 is 15.3. The first-order valence-electron chi connectivity index (χ1n) is 7.19. The molecule has 0 aliphatic heterocycles. The number of esters is 1. The van der Waals surface area contributed by atoms with Gasteiger partial charge in [-0.2, -0.15) is 0 Å². The number of hydrogen-bond donors (Lipinski definition) is 1. The molecule has 0 bridgehead atoms. The van der Waals surface area contributed by atoms with E-state index in [0.717, 1.165) is 25.7 Å². The second-order valence-electron chi connectivity index (χ2n) is 5.38. The fourth-order valence-corrected chi connectivity index (χ4v) is 3.83. The summed E-state index contributed by atoms with van der Waals surface area (Å²) in [5.74, 6) is 0.110. The quantitative estimate of drug-likeness (QED) is 0.425. The minimum absolute atomic E-state index is 0. The van der Waals surface area contributed by atoms with E-state index in [1.807, 2.05) is 7.05 Å². The molecule has 0 amide bonds. The number of ether oxygens (including phenoxy) is 1. The van der Waals surface area contributed by atoms with E-state index in [0.29, 0.717) is 16.3 Å². The summed E-state index contributed by atoms with van der Waals surface area (Å²) in [4.78, 5) is 14.1. The molecule has 1 aliphatic carbocycles. The van der Waals surface area contributed by atoms with Gasteiger partial charge in [0, 0.05) is 10.0 Å². The molecule has 0 heterocycles. The number of carbonyl (C=O) groups is 1. The third-order valence-electron chi connectivity index (χ3n) is 4.11. The van der Waals surface area contributed by atoms with E-state index in [4.69, 9.17) is 27.9 Å². The number of halogens is 4. The number of rotatable bonds is 4. The number of likely N-dealkylation sites (N-methyl/N-ethyl adjacent to an activating group) is 1. The van der Waals surface area contributed by atoms with Gasteiger partial charge in [0.05, 0.1) is 16.1 Å². The molecule has 128 valence electrons. The molecule has 0 aromatic heterocycles. The van der Waals surface area contributed by atoms with Crippen LogP contribution in [-0.2, 0) is 4.74 Å². The lowest BCUT2D eigenvalue weighted by atomic mass is 9.80. The molecule has 1 aliphatic rings. The predicted octanol–water partition coefficient (Wildman–Crippen LogP) is 5.89. The Balaban J connectivity index is 0.00000264. The highest BCUT2D eigenvalue weighted by molar-refractivity contribution is 9.11. The lowest BCUT2D eigenvalue weighted by Gasteiger charge is -2.37. The Kier molecular flexibility index (Phi) is 8.59. The molecular formula is C16H19Br2Cl2NO2. The summed E-state index contributed by atoms with van der Waals surface area (Å²) in [6, 6.07) is 4.73. The fraction of sp³-hybridized carbons (Fsp3) is 0.438. The average Bonchev–Trinajstić information content (AvgIpc) is 2.53. The largest absolute Gasteiger partial charge is 0.425 e. The van der Waals surface area contributed by atoms with Crippen molar-refractivity contribution in [2.24, 2.45) is 0 Å². The zero-order valence-electron chi connectivity index (χ0n) is 12.7. The lowest BCUT2D eigenvalue weighted by molar-refractivity contribution is 0.0535. The first-order chi connectivity index (χ1) is 10.5. The molecule has 2 rings (SSSR count). The molecule has 0 radical (unpaired) electrons. The smallest absolute Gasteiger partial charge is 0.344 e. The zero-order valence-corrected chi connectivity index (χ0v) is 17.5. The van der Waals surface area contributed by atoms with Crippen molar-refractivity contribution in [1.82, 2.24) is 5.32 Å². The first-order valence-corrected chi connectivity index (χ1v) is 8.86. The van der Waals surface area contributed by atoms with Gasteiger partial charge < -0.3 is 10.1 Å². The van der Waals surface area contributed by atoms with Gasteiger partial charge in [-0.05, 0) is 38.1 Å². The third kappa shape index (κ3) is 4.95. The summed E-state index contributed by atoms with van der Waals surface area (Å²) in [5.41, 5.74) is -0.00368. The van der Waals surface area contributed by atoms with Gasteiger partial charge >= 0.3 is 5.97 Å². The standard InChI is InChI=1S/C16H18BrCl2NO2.BrH/c1-20-16(7-3-2-4-8-16)14(10-17)22-15(21)12-6-5-11(18)9-13(12)19;/h5-6,9-10,20H,2-4,7-8H2,1H3;1H/b14-10-;. The van der Waals surface area contributed by atoms with Crippen LogP contribution in [-0.4, -0.2) is 18.6 Å². The van der Waals surface area contributed by atoms with Gasteiger partial charge in [-0.25, -0.2) is 4.79 Å². The van der Waals surface area contributed by atoms with Crippen LogP contribution in [0, 0.1) is 0 Å². The third-order valence-corrected chi connectivity index (χ3v) is 5.07. The Hall–Kier alpha value is -0.0700. The van der Waals surface area contributed by atoms with Crippen molar-refractivity contribution in [2.75, 3.05) is 7.05 Å². The average molecular weight is 488 g/mol. The molecule has 0 atom stereocenters. The van der Waals surface area contributed by atoms with Crippen molar-refractivity contribution in [2.45, 2.75) is 37.6 Å². The van der Waals surface area contributed by atoms with Gasteiger partial charge in [0.15, 0.2) is 0 Å². The van der Waals surface area contributed by atoms with Crippen LogP contribution in [0.2, 0.25) is 10.0 Å². The van der Waals surface area contributed by atoms with Crippen molar-refractivity contribution < 1.29 is 9.53 Å². The fourth-order valence-electron chi connectivity index (χ4n) is 2.81. The molecule has 23 heavy (non-hydrogen) atoms. The van der Waals surface area contributed by atoms with Gasteiger partial charge in [-0.15, -0.1) is 17.0 Å². The van der Waals surface area contributed by atoms with Crippen molar-refractivity contribution >= 4 is 62.1 Å². The minimum Gasteiger partial charge on any atom is -0.425 e. The van der Waals surface area contributed by atoms with Crippen LogP contribution in [0.15, 0.2) is 28.9 Å². The van der Waals surface area contributed by atoms with Gasteiger partial charge in [-0.1, -0.05) is 58.4 Å². The van der Waals surface area contributed by atoms with Crippen LogP contribution >= 0.6 is 56.1 Å². The normalized spacial score (nSPS) is 17.3. The van der Waals surface area contributed by atoms with Gasteiger partial charge in [-0.3, -0.25) is 0 Å². The number of benzene rings is 1. The van der Waals surface area contributed by atoms with Crippen LogP contribution in [0.3, 0.4) is 0 Å². The molecule has 1 saturated carbocycles. The molecule has 3 nitrogen and oxygen atoms in total. The summed E-state index contributed by atoms with van der Waals surface area (Å²) in [6.07, 6.45) is 5.27. The Morgan fingerprint density at radius 2 is 1.96 bits per heavy atom. The maximum atomic E-state index is 12.4. The minimum atomic E-state index is -0.479. The zero-order chi connectivity index (χ0) is 16.2. The molecule has 1 N–H and O–H groups in total. The molecule has 1 aromatic rings. The molecule has 1 fully saturated rings. The topological polar surface area (TPSA) is 38.3 Å². The van der Waals surface area contributed by atoms with Crippen molar-refractivity contribution in [1.29, 1.82) is 0 Å². The Labute approximate surface area is 165 Å². The summed E-state index contributed by atoms with van der Waals surface area (Å²) in [6.45, 7) is 0. The Morgan fingerprint density at radius 1 is 1.30 bits per heavy atom. The van der Waals surface area contributed by atoms with E-state index >= 15 is 0 Å². The number of nitrogens with one attached hydrogen (secondary N) is 1. The van der Waals surface area contributed by atoms with E-state index in [2.05, 4.69) is 21.2 Å². The van der Waals surface area contributed by atoms with Crippen molar-refractivity contribution in [3.05, 3.63) is 44.6 Å². The summed E-state index contributed by atoms with van der Waals surface area (Å²) in [7, 11) is 1.89. The SMILES string of the molecule is Br.CNC1(/C(=C/Br)OC(=O)c2ccc(Cl)cc2Cl)CCCCC1.